The zero-order valence-corrected chi connectivity index (χ0v) is 14.8. The number of hydrogen-bond acceptors (Lipinski definition) is 6. The molecule has 2 saturated heterocycles. The fraction of sp³-hybridized carbons (Fsp3) is 0.733. The second kappa shape index (κ2) is 6.08. The maximum absolute atomic E-state index is 12.4. The third-order valence-corrected chi connectivity index (χ3v) is 6.92. The second-order valence-corrected chi connectivity index (χ2v) is 9.42. The van der Waals surface area contributed by atoms with Gasteiger partial charge in [0.2, 0.25) is 5.91 Å². The zero-order chi connectivity index (χ0) is 18.4. The number of carbonyl (C=O) groups excluding carboxylic acids is 4. The Morgan fingerprint density at radius 3 is 2.40 bits per heavy atom. The summed E-state index contributed by atoms with van der Waals surface area (Å²) in [4.78, 5) is 50.4. The molecule has 1 saturated carbocycles. The summed E-state index contributed by atoms with van der Waals surface area (Å²) in [5.41, 5.74) is -0.920. The number of imide groups is 2. The SMILES string of the molecule is C[C@@]1(NC(=O)CN2C(=O)C(=O)N(C3CCCC3)C2=O)CCS(=O)(=O)C1. The highest BCUT2D eigenvalue weighted by molar-refractivity contribution is 7.91. The quantitative estimate of drug-likeness (QED) is 0.521. The maximum Gasteiger partial charge on any atom is 0.334 e. The molecule has 1 atom stereocenters. The molecular weight excluding hydrogens is 350 g/mol. The fourth-order valence-corrected chi connectivity index (χ4v) is 5.87. The Morgan fingerprint density at radius 2 is 1.84 bits per heavy atom. The largest absolute Gasteiger partial charge is 0.348 e. The molecule has 1 N–H and O–H groups in total. The first-order valence-corrected chi connectivity index (χ1v) is 10.1. The van der Waals surface area contributed by atoms with Crippen LogP contribution in [0, 0.1) is 0 Å². The molecule has 138 valence electrons. The van der Waals surface area contributed by atoms with Crippen LogP contribution in [-0.4, -0.2) is 71.6 Å². The first-order chi connectivity index (χ1) is 11.6. The predicted octanol–water partition coefficient (Wildman–Crippen LogP) is -0.587. The second-order valence-electron chi connectivity index (χ2n) is 7.24. The topological polar surface area (TPSA) is 121 Å². The monoisotopic (exact) mass is 371 g/mol. The third kappa shape index (κ3) is 3.39. The van der Waals surface area contributed by atoms with E-state index in [4.69, 9.17) is 0 Å². The van der Waals surface area contributed by atoms with E-state index in [0.29, 0.717) is 17.7 Å². The van der Waals surface area contributed by atoms with Gasteiger partial charge in [-0.1, -0.05) is 12.8 Å². The van der Waals surface area contributed by atoms with Crippen molar-refractivity contribution in [2.45, 2.75) is 50.6 Å². The smallest absolute Gasteiger partial charge is 0.334 e. The van der Waals surface area contributed by atoms with Gasteiger partial charge >= 0.3 is 17.8 Å². The van der Waals surface area contributed by atoms with Gasteiger partial charge in [-0.25, -0.2) is 18.1 Å². The number of urea groups is 1. The van der Waals surface area contributed by atoms with Crippen LogP contribution >= 0.6 is 0 Å². The van der Waals surface area contributed by atoms with Crippen molar-refractivity contribution in [1.29, 1.82) is 0 Å². The van der Waals surface area contributed by atoms with Crippen LogP contribution in [0.3, 0.4) is 0 Å². The van der Waals surface area contributed by atoms with Gasteiger partial charge in [-0.05, 0) is 26.2 Å². The summed E-state index contributed by atoms with van der Waals surface area (Å²) in [6, 6.07) is -1.05. The van der Waals surface area contributed by atoms with Crippen molar-refractivity contribution >= 4 is 33.6 Å². The van der Waals surface area contributed by atoms with Crippen LogP contribution in [0.15, 0.2) is 0 Å². The number of sulfone groups is 1. The van der Waals surface area contributed by atoms with Gasteiger partial charge in [0.05, 0.1) is 17.0 Å². The molecule has 0 radical (unpaired) electrons. The van der Waals surface area contributed by atoms with Gasteiger partial charge in [0.25, 0.3) is 0 Å². The van der Waals surface area contributed by atoms with E-state index in [9.17, 15) is 27.6 Å². The van der Waals surface area contributed by atoms with Gasteiger partial charge in [-0.15, -0.1) is 0 Å². The number of nitrogens with one attached hydrogen (secondary N) is 1. The van der Waals surface area contributed by atoms with Gasteiger partial charge in [0.1, 0.15) is 6.54 Å². The van der Waals surface area contributed by atoms with Crippen LogP contribution in [0.25, 0.3) is 0 Å². The molecule has 0 aromatic rings. The van der Waals surface area contributed by atoms with Gasteiger partial charge in [0.15, 0.2) is 9.84 Å². The molecule has 0 unspecified atom stereocenters. The Balaban J connectivity index is 1.66. The van der Waals surface area contributed by atoms with Crippen molar-refractivity contribution in [2.24, 2.45) is 0 Å². The normalized spacial score (nSPS) is 29.7. The minimum atomic E-state index is -3.20. The molecule has 0 bridgehead atoms. The molecule has 3 rings (SSSR count). The van der Waals surface area contributed by atoms with Gasteiger partial charge in [-0.3, -0.25) is 19.3 Å². The summed E-state index contributed by atoms with van der Waals surface area (Å²) >= 11 is 0. The zero-order valence-electron chi connectivity index (χ0n) is 14.0. The molecule has 0 aromatic heterocycles. The average molecular weight is 371 g/mol. The Hall–Kier alpha value is -1.97. The van der Waals surface area contributed by atoms with Crippen molar-refractivity contribution in [3.63, 3.8) is 0 Å². The van der Waals surface area contributed by atoms with E-state index >= 15 is 0 Å². The fourth-order valence-electron chi connectivity index (χ4n) is 3.77. The lowest BCUT2D eigenvalue weighted by atomic mass is 10.0. The molecule has 0 aromatic carbocycles. The summed E-state index contributed by atoms with van der Waals surface area (Å²) in [6.07, 6.45) is 3.39. The highest BCUT2D eigenvalue weighted by atomic mass is 32.2. The number of nitrogens with zero attached hydrogens (tertiary/aromatic N) is 2. The molecule has 25 heavy (non-hydrogen) atoms. The summed E-state index contributed by atoms with van der Waals surface area (Å²) in [6.45, 7) is 1.03. The molecule has 2 heterocycles. The standard InChI is InChI=1S/C15H21N3O6S/c1-15(6-7-25(23,24)9-15)16-11(19)8-17-12(20)13(21)18(14(17)22)10-4-2-3-5-10/h10H,2-9H2,1H3,(H,16,19)/t15-/m1/s1. The summed E-state index contributed by atoms with van der Waals surface area (Å²) in [5.74, 6) is -2.74. The summed E-state index contributed by atoms with van der Waals surface area (Å²) < 4.78 is 23.2. The lowest BCUT2D eigenvalue weighted by Crippen LogP contribution is -2.51. The average Bonchev–Trinajstić information content (AvgIpc) is 3.16. The Bertz CT molecular complexity index is 742. The molecule has 3 aliphatic rings. The van der Waals surface area contributed by atoms with E-state index in [1.807, 2.05) is 0 Å². The minimum Gasteiger partial charge on any atom is -0.348 e. The molecule has 10 heteroatoms. The van der Waals surface area contributed by atoms with Crippen LogP contribution in [0.1, 0.15) is 39.0 Å². The van der Waals surface area contributed by atoms with Crippen LogP contribution < -0.4 is 5.32 Å². The van der Waals surface area contributed by atoms with Crippen molar-refractivity contribution in [3.05, 3.63) is 0 Å². The van der Waals surface area contributed by atoms with E-state index in [2.05, 4.69) is 5.32 Å². The van der Waals surface area contributed by atoms with E-state index < -0.39 is 45.7 Å². The highest BCUT2D eigenvalue weighted by Gasteiger charge is 2.49. The number of carbonyl (C=O) groups is 4. The Kier molecular flexibility index (Phi) is 4.34. The number of hydrogen-bond donors (Lipinski definition) is 1. The summed E-state index contributed by atoms with van der Waals surface area (Å²) in [5, 5.41) is 2.58. The van der Waals surface area contributed by atoms with Crippen LogP contribution in [0.5, 0.6) is 0 Å². The molecule has 0 spiro atoms. The van der Waals surface area contributed by atoms with Crippen molar-refractivity contribution < 1.29 is 27.6 Å². The van der Waals surface area contributed by atoms with E-state index in [-0.39, 0.29) is 24.0 Å². The Labute approximate surface area is 145 Å². The van der Waals surface area contributed by atoms with Gasteiger partial charge in [-0.2, -0.15) is 0 Å². The first kappa shape index (κ1) is 17.8. The number of rotatable bonds is 4. The lowest BCUT2D eigenvalue weighted by Gasteiger charge is -2.25. The highest BCUT2D eigenvalue weighted by Crippen LogP contribution is 2.28. The predicted molar refractivity (Wildman–Crippen MR) is 86.0 cm³/mol. The van der Waals surface area contributed by atoms with Gasteiger partial charge < -0.3 is 5.32 Å². The van der Waals surface area contributed by atoms with Crippen molar-refractivity contribution in [3.8, 4) is 0 Å². The van der Waals surface area contributed by atoms with Crippen LogP contribution in [-0.2, 0) is 24.2 Å². The van der Waals surface area contributed by atoms with Gasteiger partial charge in [0, 0.05) is 6.04 Å². The van der Waals surface area contributed by atoms with Crippen LogP contribution in [0.2, 0.25) is 0 Å². The van der Waals surface area contributed by atoms with E-state index in [1.54, 1.807) is 6.92 Å². The van der Waals surface area contributed by atoms with Crippen molar-refractivity contribution in [2.75, 3.05) is 18.1 Å². The van der Waals surface area contributed by atoms with Crippen molar-refractivity contribution in [1.82, 2.24) is 15.1 Å². The molecule has 3 fully saturated rings. The molecule has 1 aliphatic carbocycles. The molecule has 9 nitrogen and oxygen atoms in total. The van der Waals surface area contributed by atoms with E-state index in [1.165, 1.54) is 0 Å². The molecular formula is C15H21N3O6S. The molecule has 2 aliphatic heterocycles. The summed E-state index contributed by atoms with van der Waals surface area (Å²) in [7, 11) is -3.20. The maximum atomic E-state index is 12.4. The minimum absolute atomic E-state index is 0.0146. The van der Waals surface area contributed by atoms with Crippen LogP contribution in [0.4, 0.5) is 4.79 Å². The third-order valence-electron chi connectivity index (χ3n) is 5.02. The number of amides is 5. The first-order valence-electron chi connectivity index (χ1n) is 8.32. The molecule has 5 amide bonds. The Morgan fingerprint density at radius 1 is 1.20 bits per heavy atom. The lowest BCUT2D eigenvalue weighted by molar-refractivity contribution is -0.144. The van der Waals surface area contributed by atoms with E-state index in [0.717, 1.165) is 17.7 Å².